The van der Waals surface area contributed by atoms with E-state index in [1.807, 2.05) is 6.07 Å². The van der Waals surface area contributed by atoms with Crippen LogP contribution >= 0.6 is 0 Å². The molecule has 1 aromatic carbocycles. The van der Waals surface area contributed by atoms with Crippen LogP contribution in [0.4, 0.5) is 0 Å². The SMILES string of the molecule is CCc1nc2cc(C(=O)O)ccc2n1C1CC1C. The number of fused-ring (bicyclic) bond motifs is 1. The third kappa shape index (κ3) is 1.60. The highest BCUT2D eigenvalue weighted by atomic mass is 16.4. The van der Waals surface area contributed by atoms with Crippen molar-refractivity contribution in [2.24, 2.45) is 5.92 Å². The Morgan fingerprint density at radius 2 is 2.28 bits per heavy atom. The minimum atomic E-state index is -0.899. The molecule has 1 heterocycles. The standard InChI is InChI=1S/C14H16N2O2/c1-3-13-15-10-7-9(14(17)18)4-5-11(10)16(13)12-6-8(12)2/h4-5,7-8,12H,3,6H2,1-2H3,(H,17,18). The quantitative estimate of drug-likeness (QED) is 0.903. The van der Waals surface area contributed by atoms with Crippen molar-refractivity contribution in [3.05, 3.63) is 29.6 Å². The second-order valence-electron chi connectivity index (χ2n) is 5.04. The molecule has 3 rings (SSSR count). The fourth-order valence-corrected chi connectivity index (χ4v) is 2.56. The Kier molecular flexibility index (Phi) is 2.40. The molecule has 18 heavy (non-hydrogen) atoms. The third-order valence-electron chi connectivity index (χ3n) is 3.72. The smallest absolute Gasteiger partial charge is 0.335 e. The van der Waals surface area contributed by atoms with Crippen molar-refractivity contribution in [1.29, 1.82) is 0 Å². The third-order valence-corrected chi connectivity index (χ3v) is 3.72. The minimum Gasteiger partial charge on any atom is -0.478 e. The molecule has 0 saturated heterocycles. The van der Waals surface area contributed by atoms with Crippen LogP contribution in [0.3, 0.4) is 0 Å². The number of aromatic nitrogens is 2. The van der Waals surface area contributed by atoms with Crippen molar-refractivity contribution >= 4 is 17.0 Å². The Balaban J connectivity index is 2.18. The maximum absolute atomic E-state index is 11.0. The number of aryl methyl sites for hydroxylation is 1. The van der Waals surface area contributed by atoms with Gasteiger partial charge in [0.1, 0.15) is 5.82 Å². The molecule has 0 amide bonds. The monoisotopic (exact) mass is 244 g/mol. The molecule has 1 aromatic heterocycles. The Morgan fingerprint density at radius 3 is 2.83 bits per heavy atom. The Labute approximate surface area is 105 Å². The van der Waals surface area contributed by atoms with Gasteiger partial charge in [0.2, 0.25) is 0 Å². The molecule has 0 radical (unpaired) electrons. The first-order valence-electron chi connectivity index (χ1n) is 6.36. The molecule has 4 heteroatoms. The van der Waals surface area contributed by atoms with Crippen LogP contribution in [0.25, 0.3) is 11.0 Å². The van der Waals surface area contributed by atoms with Gasteiger partial charge in [-0.2, -0.15) is 0 Å². The number of carboxylic acids is 1. The number of carbonyl (C=O) groups is 1. The second kappa shape index (κ2) is 3.83. The van der Waals surface area contributed by atoms with Gasteiger partial charge in [0.05, 0.1) is 16.6 Å². The molecule has 1 N–H and O–H groups in total. The van der Waals surface area contributed by atoms with Crippen molar-refractivity contribution in [1.82, 2.24) is 9.55 Å². The molecule has 0 spiro atoms. The molecule has 0 bridgehead atoms. The summed E-state index contributed by atoms with van der Waals surface area (Å²) in [4.78, 5) is 15.5. The maximum atomic E-state index is 11.0. The molecular formula is C14H16N2O2. The maximum Gasteiger partial charge on any atom is 0.335 e. The van der Waals surface area contributed by atoms with Crippen molar-refractivity contribution in [3.8, 4) is 0 Å². The summed E-state index contributed by atoms with van der Waals surface area (Å²) in [6.07, 6.45) is 2.07. The van der Waals surface area contributed by atoms with E-state index in [4.69, 9.17) is 5.11 Å². The van der Waals surface area contributed by atoms with Crippen LogP contribution in [0.5, 0.6) is 0 Å². The number of aromatic carboxylic acids is 1. The van der Waals surface area contributed by atoms with Gasteiger partial charge >= 0.3 is 5.97 Å². The van der Waals surface area contributed by atoms with Gasteiger partial charge < -0.3 is 9.67 Å². The van der Waals surface area contributed by atoms with E-state index in [1.54, 1.807) is 12.1 Å². The average molecular weight is 244 g/mol. The molecule has 0 aliphatic heterocycles. The topological polar surface area (TPSA) is 55.1 Å². The summed E-state index contributed by atoms with van der Waals surface area (Å²) in [6.45, 7) is 4.32. The summed E-state index contributed by atoms with van der Waals surface area (Å²) in [5.41, 5.74) is 2.16. The highest BCUT2D eigenvalue weighted by Gasteiger charge is 2.36. The molecule has 1 saturated carbocycles. The van der Waals surface area contributed by atoms with E-state index >= 15 is 0 Å². The molecule has 1 aliphatic carbocycles. The fraction of sp³-hybridized carbons (Fsp3) is 0.429. The van der Waals surface area contributed by atoms with Gasteiger partial charge in [-0.3, -0.25) is 0 Å². The predicted molar refractivity (Wildman–Crippen MR) is 68.9 cm³/mol. The zero-order valence-electron chi connectivity index (χ0n) is 10.6. The van der Waals surface area contributed by atoms with E-state index in [9.17, 15) is 4.79 Å². The van der Waals surface area contributed by atoms with Crippen LogP contribution in [0, 0.1) is 5.92 Å². The summed E-state index contributed by atoms with van der Waals surface area (Å²) < 4.78 is 2.28. The van der Waals surface area contributed by atoms with Crippen molar-refractivity contribution < 1.29 is 9.90 Å². The van der Waals surface area contributed by atoms with Crippen molar-refractivity contribution in [3.63, 3.8) is 0 Å². The van der Waals surface area contributed by atoms with E-state index in [-0.39, 0.29) is 0 Å². The predicted octanol–water partition coefficient (Wildman–Crippen LogP) is 2.88. The normalized spacial score (nSPS) is 22.3. The summed E-state index contributed by atoms with van der Waals surface area (Å²) in [6, 6.07) is 5.76. The number of nitrogens with zero attached hydrogens (tertiary/aromatic N) is 2. The van der Waals surface area contributed by atoms with E-state index in [0.29, 0.717) is 17.5 Å². The summed E-state index contributed by atoms with van der Waals surface area (Å²) in [7, 11) is 0. The van der Waals surface area contributed by atoms with Gasteiger partial charge in [0.15, 0.2) is 0 Å². The van der Waals surface area contributed by atoms with Crippen LogP contribution in [-0.2, 0) is 6.42 Å². The van der Waals surface area contributed by atoms with Gasteiger partial charge in [-0.25, -0.2) is 9.78 Å². The van der Waals surface area contributed by atoms with Crippen LogP contribution in [0.1, 0.15) is 42.5 Å². The second-order valence-corrected chi connectivity index (χ2v) is 5.04. The Bertz CT molecular complexity index is 630. The molecule has 4 nitrogen and oxygen atoms in total. The van der Waals surface area contributed by atoms with Crippen LogP contribution in [0.15, 0.2) is 18.2 Å². The van der Waals surface area contributed by atoms with Gasteiger partial charge in [0, 0.05) is 12.5 Å². The molecule has 1 fully saturated rings. The van der Waals surface area contributed by atoms with Gasteiger partial charge in [-0.15, -0.1) is 0 Å². The van der Waals surface area contributed by atoms with Crippen LogP contribution < -0.4 is 0 Å². The molecular weight excluding hydrogens is 228 g/mol. The number of hydrogen-bond acceptors (Lipinski definition) is 2. The van der Waals surface area contributed by atoms with Gasteiger partial charge in [-0.1, -0.05) is 13.8 Å². The van der Waals surface area contributed by atoms with Crippen molar-refractivity contribution in [2.45, 2.75) is 32.7 Å². The number of hydrogen-bond donors (Lipinski definition) is 1. The lowest BCUT2D eigenvalue weighted by molar-refractivity contribution is 0.0697. The highest BCUT2D eigenvalue weighted by Crippen LogP contribution is 2.45. The number of benzene rings is 1. The van der Waals surface area contributed by atoms with E-state index in [2.05, 4.69) is 23.4 Å². The highest BCUT2D eigenvalue weighted by molar-refractivity contribution is 5.92. The molecule has 1 aliphatic rings. The molecule has 2 unspecified atom stereocenters. The lowest BCUT2D eigenvalue weighted by Gasteiger charge is -2.06. The van der Waals surface area contributed by atoms with Crippen LogP contribution in [0.2, 0.25) is 0 Å². The van der Waals surface area contributed by atoms with E-state index in [1.165, 1.54) is 6.42 Å². The van der Waals surface area contributed by atoms with Crippen molar-refractivity contribution in [2.75, 3.05) is 0 Å². The van der Waals surface area contributed by atoms with Gasteiger partial charge in [0.25, 0.3) is 0 Å². The zero-order valence-corrected chi connectivity index (χ0v) is 10.6. The molecule has 2 atom stereocenters. The number of carboxylic acid groups (broad SMARTS) is 1. The number of rotatable bonds is 3. The first-order valence-corrected chi connectivity index (χ1v) is 6.36. The van der Waals surface area contributed by atoms with E-state index in [0.717, 1.165) is 23.3 Å². The summed E-state index contributed by atoms with van der Waals surface area (Å²) in [5, 5.41) is 9.01. The largest absolute Gasteiger partial charge is 0.478 e. The van der Waals surface area contributed by atoms with Gasteiger partial charge in [-0.05, 0) is 30.5 Å². The average Bonchev–Trinajstić information content (AvgIpc) is 2.94. The summed E-state index contributed by atoms with van der Waals surface area (Å²) >= 11 is 0. The fourth-order valence-electron chi connectivity index (χ4n) is 2.56. The number of imidazole rings is 1. The Morgan fingerprint density at radius 1 is 1.56 bits per heavy atom. The first-order chi connectivity index (χ1) is 8.61. The first kappa shape index (κ1) is 11.3. The lowest BCUT2D eigenvalue weighted by atomic mass is 10.2. The summed E-state index contributed by atoms with van der Waals surface area (Å²) in [5.74, 6) is 0.859. The molecule has 2 aromatic rings. The Hall–Kier alpha value is -1.84. The minimum absolute atomic E-state index is 0.304. The zero-order chi connectivity index (χ0) is 12.9. The molecule has 94 valence electrons. The van der Waals surface area contributed by atoms with E-state index < -0.39 is 5.97 Å². The van der Waals surface area contributed by atoms with Crippen LogP contribution in [-0.4, -0.2) is 20.6 Å². The lowest BCUT2D eigenvalue weighted by Crippen LogP contribution is -2.01.